The van der Waals surface area contributed by atoms with Gasteiger partial charge in [0, 0.05) is 11.5 Å². The number of fused-ring (bicyclic) bond motifs is 1. The Morgan fingerprint density at radius 1 is 1.08 bits per heavy atom. The van der Waals surface area contributed by atoms with Gasteiger partial charge in [0.05, 0.1) is 12.0 Å². The predicted octanol–water partition coefficient (Wildman–Crippen LogP) is 1.42. The molecule has 0 aliphatic heterocycles. The number of hydrogen-bond acceptors (Lipinski definition) is 6. The molecule has 9 heteroatoms. The second kappa shape index (κ2) is 6.98. The number of amides is 1. The van der Waals surface area contributed by atoms with Crippen LogP contribution in [0.15, 0.2) is 68.7 Å². The number of carbonyl (C=O) groups excluding carboxylic acids is 1. The minimum atomic E-state index is -3.96. The summed E-state index contributed by atoms with van der Waals surface area (Å²) in [4.78, 5) is 26.1. The van der Waals surface area contributed by atoms with Crippen molar-refractivity contribution in [3.63, 3.8) is 0 Å². The van der Waals surface area contributed by atoms with Crippen LogP contribution in [0, 0.1) is 0 Å². The van der Waals surface area contributed by atoms with Gasteiger partial charge >= 0.3 is 5.63 Å². The number of rotatable bonds is 5. The fourth-order valence-electron chi connectivity index (χ4n) is 2.22. The maximum absolute atomic E-state index is 12.2. The van der Waals surface area contributed by atoms with Crippen LogP contribution in [0.1, 0.15) is 10.4 Å². The van der Waals surface area contributed by atoms with Crippen LogP contribution in [0.3, 0.4) is 0 Å². The number of benzene rings is 2. The van der Waals surface area contributed by atoms with Gasteiger partial charge in [0.1, 0.15) is 16.9 Å². The fourth-order valence-corrected chi connectivity index (χ4v) is 3.08. The van der Waals surface area contributed by atoms with E-state index in [1.165, 1.54) is 31.4 Å². The van der Waals surface area contributed by atoms with E-state index in [4.69, 9.17) is 9.15 Å². The van der Waals surface area contributed by atoms with Gasteiger partial charge in [0.15, 0.2) is 0 Å². The summed E-state index contributed by atoms with van der Waals surface area (Å²) in [5, 5.41) is 0.487. The van der Waals surface area contributed by atoms with Crippen LogP contribution in [0.4, 0.5) is 0 Å². The van der Waals surface area contributed by atoms with E-state index in [0.29, 0.717) is 11.1 Å². The molecule has 0 atom stereocenters. The van der Waals surface area contributed by atoms with Gasteiger partial charge < -0.3 is 9.15 Å². The number of methoxy groups -OCH3 is 1. The molecule has 2 N–H and O–H groups in total. The zero-order valence-corrected chi connectivity index (χ0v) is 14.4. The van der Waals surface area contributed by atoms with E-state index >= 15 is 0 Å². The number of ether oxygens (including phenoxy) is 1. The number of hydrogen-bond donors (Lipinski definition) is 2. The van der Waals surface area contributed by atoms with Gasteiger partial charge in [-0.3, -0.25) is 10.2 Å². The Hall–Kier alpha value is -3.17. The zero-order valence-electron chi connectivity index (χ0n) is 13.6. The van der Waals surface area contributed by atoms with E-state index < -0.39 is 21.6 Å². The van der Waals surface area contributed by atoms with Gasteiger partial charge in [0.25, 0.3) is 15.9 Å². The molecule has 0 spiro atoms. The normalized spacial score (nSPS) is 11.3. The molecule has 0 fully saturated rings. The van der Waals surface area contributed by atoms with Gasteiger partial charge in [0.2, 0.25) is 0 Å². The summed E-state index contributed by atoms with van der Waals surface area (Å²) in [5.74, 6) is -0.440. The summed E-state index contributed by atoms with van der Waals surface area (Å²) < 4.78 is 34.3. The van der Waals surface area contributed by atoms with Crippen LogP contribution in [0.25, 0.3) is 11.0 Å². The Bertz CT molecular complexity index is 1120. The van der Waals surface area contributed by atoms with Crippen molar-refractivity contribution in [3.8, 4) is 5.75 Å². The first-order valence-electron chi connectivity index (χ1n) is 7.40. The molecule has 134 valence electrons. The summed E-state index contributed by atoms with van der Waals surface area (Å²) in [6.45, 7) is 0. The van der Waals surface area contributed by atoms with Crippen LogP contribution < -0.4 is 20.6 Å². The molecular formula is C17H14N2O6S. The van der Waals surface area contributed by atoms with Gasteiger partial charge in [-0.2, -0.15) is 0 Å². The van der Waals surface area contributed by atoms with E-state index in [9.17, 15) is 18.0 Å². The summed E-state index contributed by atoms with van der Waals surface area (Å²) >= 11 is 0. The van der Waals surface area contributed by atoms with Gasteiger partial charge in [-0.1, -0.05) is 18.2 Å². The summed E-state index contributed by atoms with van der Waals surface area (Å²) in [7, 11) is -2.49. The van der Waals surface area contributed by atoms with E-state index in [-0.39, 0.29) is 16.0 Å². The Kier molecular flexibility index (Phi) is 4.74. The van der Waals surface area contributed by atoms with Crippen molar-refractivity contribution in [2.75, 3.05) is 7.11 Å². The first-order valence-corrected chi connectivity index (χ1v) is 8.88. The quantitative estimate of drug-likeness (QED) is 0.516. The Balaban J connectivity index is 1.84. The summed E-state index contributed by atoms with van der Waals surface area (Å²) in [5.41, 5.74) is 1.01. The molecule has 8 nitrogen and oxygen atoms in total. The van der Waals surface area contributed by atoms with Crippen molar-refractivity contribution in [2.45, 2.75) is 4.90 Å². The molecule has 1 amide bonds. The monoisotopic (exact) mass is 374 g/mol. The molecular weight excluding hydrogens is 360 g/mol. The van der Waals surface area contributed by atoms with Crippen molar-refractivity contribution in [3.05, 3.63) is 70.6 Å². The van der Waals surface area contributed by atoms with Crippen LogP contribution in [-0.2, 0) is 10.0 Å². The lowest BCUT2D eigenvalue weighted by Gasteiger charge is -2.08. The maximum atomic E-state index is 12.2. The average molecular weight is 374 g/mol. The molecule has 0 radical (unpaired) electrons. The molecule has 0 bridgehead atoms. The van der Waals surface area contributed by atoms with Crippen LogP contribution in [0.5, 0.6) is 5.75 Å². The van der Waals surface area contributed by atoms with Crippen molar-refractivity contribution < 1.29 is 22.4 Å². The predicted molar refractivity (Wildman–Crippen MR) is 93.3 cm³/mol. The molecule has 0 aliphatic rings. The highest BCUT2D eigenvalue weighted by atomic mass is 32.2. The molecule has 26 heavy (non-hydrogen) atoms. The number of nitrogens with one attached hydrogen (secondary N) is 2. The van der Waals surface area contributed by atoms with Gasteiger partial charge in [-0.25, -0.2) is 13.2 Å². The molecule has 1 aromatic heterocycles. The largest absolute Gasteiger partial charge is 0.497 e. The Morgan fingerprint density at radius 3 is 2.50 bits per heavy atom. The average Bonchev–Trinajstić information content (AvgIpc) is 2.66. The highest BCUT2D eigenvalue weighted by Gasteiger charge is 2.18. The van der Waals surface area contributed by atoms with Crippen LogP contribution in [0.2, 0.25) is 0 Å². The van der Waals surface area contributed by atoms with Crippen molar-refractivity contribution in [2.24, 2.45) is 0 Å². The third kappa shape index (κ3) is 3.58. The lowest BCUT2D eigenvalue weighted by Crippen LogP contribution is -2.42. The Labute approximate surface area is 148 Å². The molecule has 0 saturated heterocycles. The third-order valence-corrected chi connectivity index (χ3v) is 4.80. The van der Waals surface area contributed by atoms with Crippen molar-refractivity contribution in [1.29, 1.82) is 0 Å². The molecule has 3 rings (SSSR count). The highest BCUT2D eigenvalue weighted by molar-refractivity contribution is 7.89. The van der Waals surface area contributed by atoms with E-state index in [2.05, 4.69) is 0 Å². The standard InChI is InChI=1S/C17H14N2O6S/c1-24-12-8-7-11-9-14(17(21)25-15(11)10-12)16(20)18-19-26(22,23)13-5-3-2-4-6-13/h2-10,19H,1H3,(H,18,20). The first-order chi connectivity index (χ1) is 12.4. The fraction of sp³-hybridized carbons (Fsp3) is 0.0588. The minimum Gasteiger partial charge on any atom is -0.497 e. The SMILES string of the molecule is COc1ccc2cc(C(=O)NNS(=O)(=O)c3ccccc3)c(=O)oc2c1. The summed E-state index contributed by atoms with van der Waals surface area (Å²) in [6, 6.07) is 13.6. The number of sulfonamides is 1. The maximum Gasteiger partial charge on any atom is 0.349 e. The zero-order chi connectivity index (χ0) is 18.7. The topological polar surface area (TPSA) is 115 Å². The number of carbonyl (C=O) groups is 1. The molecule has 0 saturated carbocycles. The lowest BCUT2D eigenvalue weighted by molar-refractivity contribution is 0.0941. The van der Waals surface area contributed by atoms with Gasteiger partial charge in [-0.05, 0) is 30.3 Å². The molecule has 3 aromatic rings. The second-order valence-electron chi connectivity index (χ2n) is 5.22. The second-order valence-corrected chi connectivity index (χ2v) is 6.91. The van der Waals surface area contributed by atoms with Crippen molar-refractivity contribution >= 4 is 26.9 Å². The van der Waals surface area contributed by atoms with Crippen LogP contribution in [-0.4, -0.2) is 21.4 Å². The lowest BCUT2D eigenvalue weighted by atomic mass is 10.2. The summed E-state index contributed by atoms with van der Waals surface area (Å²) in [6.07, 6.45) is 0. The third-order valence-electron chi connectivity index (χ3n) is 3.54. The van der Waals surface area contributed by atoms with Gasteiger partial charge in [-0.15, -0.1) is 4.83 Å². The van der Waals surface area contributed by atoms with E-state index in [1.54, 1.807) is 30.3 Å². The van der Waals surface area contributed by atoms with E-state index in [1.807, 2.05) is 10.3 Å². The molecule has 0 aliphatic carbocycles. The smallest absolute Gasteiger partial charge is 0.349 e. The molecule has 0 unspecified atom stereocenters. The first kappa shape index (κ1) is 17.6. The van der Waals surface area contributed by atoms with E-state index in [0.717, 1.165) is 0 Å². The van der Waals surface area contributed by atoms with Crippen molar-refractivity contribution in [1.82, 2.24) is 10.3 Å². The molecule has 2 aromatic carbocycles. The van der Waals surface area contributed by atoms with Crippen LogP contribution >= 0.6 is 0 Å². The Morgan fingerprint density at radius 2 is 1.81 bits per heavy atom. The highest BCUT2D eigenvalue weighted by Crippen LogP contribution is 2.20. The number of hydrazine groups is 1. The minimum absolute atomic E-state index is 0.0297. The molecule has 1 heterocycles.